The summed E-state index contributed by atoms with van der Waals surface area (Å²) in [6.07, 6.45) is -4.42. The summed E-state index contributed by atoms with van der Waals surface area (Å²) in [5, 5.41) is 2.93. The van der Waals surface area contributed by atoms with Gasteiger partial charge in [-0.05, 0) is 54.6 Å². The van der Waals surface area contributed by atoms with E-state index in [1.165, 1.54) is 11.8 Å². The Morgan fingerprint density at radius 1 is 0.944 bits per heavy atom. The van der Waals surface area contributed by atoms with Gasteiger partial charge in [-0.25, -0.2) is 4.98 Å². The Balaban J connectivity index is 1.20. The third kappa shape index (κ3) is 5.06. The highest BCUT2D eigenvalue weighted by Crippen LogP contribution is 2.32. The Labute approximate surface area is 207 Å². The number of aryl methyl sites for hydroxylation is 1. The van der Waals surface area contributed by atoms with Gasteiger partial charge in [-0.1, -0.05) is 18.2 Å². The van der Waals surface area contributed by atoms with Gasteiger partial charge in [0.1, 0.15) is 5.82 Å². The van der Waals surface area contributed by atoms with Crippen LogP contribution < -0.4 is 10.2 Å². The number of imidazole rings is 1. The normalized spacial score (nSPS) is 14.8. The van der Waals surface area contributed by atoms with Crippen molar-refractivity contribution >= 4 is 28.3 Å². The average Bonchev–Trinajstić information content (AvgIpc) is 3.21. The maximum Gasteiger partial charge on any atom is 0.416 e. The van der Waals surface area contributed by atoms with Crippen LogP contribution in [-0.2, 0) is 18.0 Å². The van der Waals surface area contributed by atoms with Gasteiger partial charge < -0.3 is 14.8 Å². The number of alkyl halides is 3. The number of anilines is 2. The lowest BCUT2D eigenvalue weighted by atomic mass is 10.2. The number of nitrogens with zero attached hydrogens (tertiary/aromatic N) is 4. The zero-order chi connectivity index (χ0) is 25.3. The molecule has 1 amide bonds. The Bertz CT molecular complexity index is 1360. The molecule has 1 fully saturated rings. The Morgan fingerprint density at radius 3 is 2.31 bits per heavy atom. The quantitative estimate of drug-likeness (QED) is 0.424. The van der Waals surface area contributed by atoms with E-state index in [-0.39, 0.29) is 11.4 Å². The molecule has 1 saturated heterocycles. The van der Waals surface area contributed by atoms with Crippen molar-refractivity contribution in [3.05, 3.63) is 78.4 Å². The van der Waals surface area contributed by atoms with E-state index in [0.29, 0.717) is 23.6 Å². The summed E-state index contributed by atoms with van der Waals surface area (Å²) < 4.78 is 40.9. The predicted molar refractivity (Wildman–Crippen MR) is 135 cm³/mol. The molecule has 0 bridgehead atoms. The first-order chi connectivity index (χ1) is 17.3. The smallest absolute Gasteiger partial charge is 0.369 e. The van der Waals surface area contributed by atoms with Gasteiger partial charge in [0.15, 0.2) is 0 Å². The van der Waals surface area contributed by atoms with E-state index in [0.717, 1.165) is 43.9 Å². The largest absolute Gasteiger partial charge is 0.416 e. The first-order valence-electron chi connectivity index (χ1n) is 11.7. The lowest BCUT2D eigenvalue weighted by molar-refractivity contribution is -0.137. The molecule has 36 heavy (non-hydrogen) atoms. The van der Waals surface area contributed by atoms with E-state index in [9.17, 15) is 18.0 Å². The molecule has 1 aromatic heterocycles. The predicted octanol–water partition coefficient (Wildman–Crippen LogP) is 5.02. The van der Waals surface area contributed by atoms with Crippen molar-refractivity contribution in [1.29, 1.82) is 0 Å². The molecular formula is C27H26F3N5O. The number of benzene rings is 3. The van der Waals surface area contributed by atoms with Crippen molar-refractivity contribution in [3.63, 3.8) is 0 Å². The van der Waals surface area contributed by atoms with Gasteiger partial charge in [0, 0.05) is 50.2 Å². The van der Waals surface area contributed by atoms with E-state index in [1.54, 1.807) is 35.9 Å². The fourth-order valence-corrected chi connectivity index (χ4v) is 4.54. The number of carbonyl (C=O) groups excluding carboxylic acids is 1. The van der Waals surface area contributed by atoms with Crippen molar-refractivity contribution in [3.8, 4) is 11.4 Å². The van der Waals surface area contributed by atoms with E-state index in [4.69, 9.17) is 0 Å². The summed E-state index contributed by atoms with van der Waals surface area (Å²) in [6.45, 7) is 3.67. The second kappa shape index (κ2) is 9.66. The van der Waals surface area contributed by atoms with Gasteiger partial charge in [-0.15, -0.1) is 0 Å². The van der Waals surface area contributed by atoms with E-state index in [2.05, 4.69) is 32.2 Å². The standard InChI is InChI=1S/C27H26F3N5O/c1-33-24-12-9-20(27(28,29)30)17-23(24)32-26(33)19-7-10-21(11-8-19)31-25(36)18-34-13-15-35(16-14-34)22-5-3-2-4-6-22/h2-12,17H,13-16,18H2,1H3,(H,31,36). The van der Waals surface area contributed by atoms with Crippen molar-refractivity contribution in [2.75, 3.05) is 42.9 Å². The van der Waals surface area contributed by atoms with Crippen LogP contribution in [0, 0.1) is 0 Å². The maximum absolute atomic E-state index is 13.1. The topological polar surface area (TPSA) is 53.4 Å². The number of aromatic nitrogens is 2. The number of hydrogen-bond acceptors (Lipinski definition) is 4. The van der Waals surface area contributed by atoms with Crippen molar-refractivity contribution < 1.29 is 18.0 Å². The number of carbonyl (C=O) groups is 1. The SMILES string of the molecule is Cn1c(-c2ccc(NC(=O)CN3CCN(c4ccccc4)CC3)cc2)nc2cc(C(F)(F)F)ccc21. The molecule has 4 aromatic rings. The minimum absolute atomic E-state index is 0.0849. The van der Waals surface area contributed by atoms with Gasteiger partial charge in [-0.3, -0.25) is 9.69 Å². The molecule has 0 spiro atoms. The molecule has 9 heteroatoms. The molecule has 0 aliphatic carbocycles. The molecule has 0 radical (unpaired) electrons. The molecule has 0 saturated carbocycles. The van der Waals surface area contributed by atoms with Gasteiger partial charge in [-0.2, -0.15) is 13.2 Å². The van der Waals surface area contributed by atoms with Gasteiger partial charge in [0.25, 0.3) is 0 Å². The van der Waals surface area contributed by atoms with Gasteiger partial charge in [0.2, 0.25) is 5.91 Å². The fourth-order valence-electron chi connectivity index (χ4n) is 4.54. The number of rotatable bonds is 5. The van der Waals surface area contributed by atoms with E-state index >= 15 is 0 Å². The zero-order valence-corrected chi connectivity index (χ0v) is 19.8. The number of piperazine rings is 1. The fraction of sp³-hybridized carbons (Fsp3) is 0.259. The van der Waals surface area contributed by atoms with Crippen molar-refractivity contribution in [2.45, 2.75) is 6.18 Å². The van der Waals surface area contributed by atoms with Crippen molar-refractivity contribution in [2.24, 2.45) is 7.05 Å². The molecule has 3 aromatic carbocycles. The number of fused-ring (bicyclic) bond motifs is 1. The Morgan fingerprint density at radius 2 is 1.64 bits per heavy atom. The molecule has 0 atom stereocenters. The van der Waals surface area contributed by atoms with Crippen LogP contribution in [0.3, 0.4) is 0 Å². The minimum atomic E-state index is -4.42. The molecule has 1 aliphatic heterocycles. The monoisotopic (exact) mass is 493 g/mol. The third-order valence-corrected chi connectivity index (χ3v) is 6.50. The molecule has 186 valence electrons. The molecule has 6 nitrogen and oxygen atoms in total. The van der Waals surface area contributed by atoms with Crippen LogP contribution in [-0.4, -0.2) is 53.1 Å². The second-order valence-corrected chi connectivity index (χ2v) is 8.92. The van der Waals surface area contributed by atoms with Crippen LogP contribution in [0.25, 0.3) is 22.4 Å². The number of nitrogens with one attached hydrogen (secondary N) is 1. The highest BCUT2D eigenvalue weighted by molar-refractivity contribution is 5.92. The van der Waals surface area contributed by atoms with Gasteiger partial charge in [0.05, 0.1) is 23.1 Å². The summed E-state index contributed by atoms with van der Waals surface area (Å²) >= 11 is 0. The number of para-hydroxylation sites is 1. The second-order valence-electron chi connectivity index (χ2n) is 8.92. The minimum Gasteiger partial charge on any atom is -0.369 e. The number of hydrogen-bond donors (Lipinski definition) is 1. The highest BCUT2D eigenvalue weighted by atomic mass is 19.4. The molecule has 5 rings (SSSR count). The van der Waals surface area contributed by atoms with Crippen LogP contribution in [0.5, 0.6) is 0 Å². The zero-order valence-electron chi connectivity index (χ0n) is 19.8. The lowest BCUT2D eigenvalue weighted by Crippen LogP contribution is -2.48. The molecule has 1 N–H and O–H groups in total. The Hall–Kier alpha value is -3.85. The average molecular weight is 494 g/mol. The highest BCUT2D eigenvalue weighted by Gasteiger charge is 2.31. The van der Waals surface area contributed by atoms with Crippen LogP contribution in [0.15, 0.2) is 72.8 Å². The summed E-state index contributed by atoms with van der Waals surface area (Å²) in [7, 11) is 1.77. The van der Waals surface area contributed by atoms with E-state index < -0.39 is 11.7 Å². The molecule has 1 aliphatic rings. The maximum atomic E-state index is 13.1. The first-order valence-corrected chi connectivity index (χ1v) is 11.7. The summed E-state index contributed by atoms with van der Waals surface area (Å²) in [5.41, 5.74) is 2.78. The Kier molecular flexibility index (Phi) is 6.40. The lowest BCUT2D eigenvalue weighted by Gasteiger charge is -2.35. The van der Waals surface area contributed by atoms with Gasteiger partial charge >= 0.3 is 6.18 Å². The molecule has 2 heterocycles. The van der Waals surface area contributed by atoms with E-state index in [1.807, 2.05) is 18.2 Å². The molecule has 0 unspecified atom stereocenters. The summed E-state index contributed by atoms with van der Waals surface area (Å²) in [5.74, 6) is 0.469. The number of amides is 1. The van der Waals surface area contributed by atoms with Crippen molar-refractivity contribution in [1.82, 2.24) is 14.5 Å². The summed E-state index contributed by atoms with van der Waals surface area (Å²) in [4.78, 5) is 21.5. The van der Waals surface area contributed by atoms with Crippen LogP contribution >= 0.6 is 0 Å². The first kappa shape index (κ1) is 23.9. The van der Waals surface area contributed by atoms with Crippen LogP contribution in [0.4, 0.5) is 24.5 Å². The van der Waals surface area contributed by atoms with Crippen LogP contribution in [0.1, 0.15) is 5.56 Å². The third-order valence-electron chi connectivity index (χ3n) is 6.50. The molecular weight excluding hydrogens is 467 g/mol. The summed E-state index contributed by atoms with van der Waals surface area (Å²) in [6, 6.07) is 21.0. The number of halogens is 3. The van der Waals surface area contributed by atoms with Crippen LogP contribution in [0.2, 0.25) is 0 Å².